The molecule has 2 nitrogen and oxygen atoms in total. The first-order valence-electron chi connectivity index (χ1n) is 3.36. The van der Waals surface area contributed by atoms with E-state index in [1.165, 1.54) is 0 Å². The van der Waals surface area contributed by atoms with Crippen molar-refractivity contribution in [1.29, 1.82) is 0 Å². The lowest BCUT2D eigenvalue weighted by Crippen LogP contribution is -2.26. The molecule has 1 rings (SSSR count). The van der Waals surface area contributed by atoms with Crippen LogP contribution in [0.25, 0.3) is 0 Å². The SMILES string of the molecule is CNCC1C=CCCO1. The molecule has 0 bridgehead atoms. The minimum Gasteiger partial charge on any atom is -0.373 e. The van der Waals surface area contributed by atoms with E-state index in [9.17, 15) is 0 Å². The van der Waals surface area contributed by atoms with Crippen LogP contribution in [0.3, 0.4) is 0 Å². The highest BCUT2D eigenvalue weighted by molar-refractivity contribution is 4.93. The van der Waals surface area contributed by atoms with Gasteiger partial charge in [0.25, 0.3) is 0 Å². The Balaban J connectivity index is 2.23. The molecule has 1 atom stereocenters. The summed E-state index contributed by atoms with van der Waals surface area (Å²) in [6.07, 6.45) is 5.66. The zero-order valence-electron chi connectivity index (χ0n) is 5.76. The molecule has 0 amide bonds. The molecule has 1 N–H and O–H groups in total. The van der Waals surface area contributed by atoms with Crippen LogP contribution in [0.5, 0.6) is 0 Å². The quantitative estimate of drug-likeness (QED) is 0.547. The van der Waals surface area contributed by atoms with Crippen LogP contribution in [-0.2, 0) is 4.74 Å². The van der Waals surface area contributed by atoms with Crippen molar-refractivity contribution in [3.63, 3.8) is 0 Å². The van der Waals surface area contributed by atoms with E-state index in [2.05, 4.69) is 17.5 Å². The third kappa shape index (κ3) is 2.16. The van der Waals surface area contributed by atoms with Crippen LogP contribution in [0.4, 0.5) is 0 Å². The van der Waals surface area contributed by atoms with Gasteiger partial charge >= 0.3 is 0 Å². The van der Waals surface area contributed by atoms with Crippen molar-refractivity contribution < 1.29 is 4.74 Å². The molecule has 1 aliphatic rings. The average Bonchev–Trinajstić information content (AvgIpc) is 1.91. The van der Waals surface area contributed by atoms with Crippen LogP contribution in [-0.4, -0.2) is 26.3 Å². The van der Waals surface area contributed by atoms with Crippen LogP contribution in [0.15, 0.2) is 12.2 Å². The molecular formula is C7H13NO. The average molecular weight is 127 g/mol. The highest BCUT2D eigenvalue weighted by atomic mass is 16.5. The van der Waals surface area contributed by atoms with Crippen molar-refractivity contribution in [3.05, 3.63) is 12.2 Å². The number of rotatable bonds is 2. The molecular weight excluding hydrogens is 114 g/mol. The monoisotopic (exact) mass is 127 g/mol. The van der Waals surface area contributed by atoms with E-state index in [4.69, 9.17) is 4.74 Å². The minimum atomic E-state index is 0.309. The number of likely N-dealkylation sites (N-methyl/N-ethyl adjacent to an activating group) is 1. The lowest BCUT2D eigenvalue weighted by Gasteiger charge is -2.16. The Bertz CT molecular complexity index is 101. The van der Waals surface area contributed by atoms with E-state index >= 15 is 0 Å². The maximum absolute atomic E-state index is 5.37. The zero-order valence-corrected chi connectivity index (χ0v) is 5.76. The predicted molar refractivity (Wildman–Crippen MR) is 37.4 cm³/mol. The number of hydrogen-bond donors (Lipinski definition) is 1. The Hall–Kier alpha value is -0.340. The van der Waals surface area contributed by atoms with Crippen molar-refractivity contribution in [2.75, 3.05) is 20.2 Å². The molecule has 0 saturated heterocycles. The molecule has 1 heterocycles. The predicted octanol–water partition coefficient (Wildman–Crippen LogP) is 0.551. The molecule has 0 fully saturated rings. The number of hydrogen-bond acceptors (Lipinski definition) is 2. The molecule has 9 heavy (non-hydrogen) atoms. The van der Waals surface area contributed by atoms with Crippen molar-refractivity contribution >= 4 is 0 Å². The van der Waals surface area contributed by atoms with E-state index in [1.54, 1.807) is 0 Å². The Morgan fingerprint density at radius 1 is 1.78 bits per heavy atom. The maximum atomic E-state index is 5.37. The molecule has 0 aromatic heterocycles. The molecule has 0 spiro atoms. The molecule has 0 radical (unpaired) electrons. The highest BCUT2D eigenvalue weighted by Gasteiger charge is 2.05. The van der Waals surface area contributed by atoms with Gasteiger partial charge in [0.2, 0.25) is 0 Å². The van der Waals surface area contributed by atoms with Crippen LogP contribution >= 0.6 is 0 Å². The van der Waals surface area contributed by atoms with Gasteiger partial charge in [0.15, 0.2) is 0 Å². The van der Waals surface area contributed by atoms with E-state index in [0.717, 1.165) is 19.6 Å². The lowest BCUT2D eigenvalue weighted by molar-refractivity contribution is 0.0810. The fraction of sp³-hybridized carbons (Fsp3) is 0.714. The first kappa shape index (κ1) is 6.78. The first-order valence-corrected chi connectivity index (χ1v) is 3.36. The summed E-state index contributed by atoms with van der Waals surface area (Å²) in [7, 11) is 1.94. The normalized spacial score (nSPS) is 26.6. The fourth-order valence-electron chi connectivity index (χ4n) is 0.919. The van der Waals surface area contributed by atoms with Gasteiger partial charge in [0.1, 0.15) is 0 Å². The summed E-state index contributed by atoms with van der Waals surface area (Å²) in [4.78, 5) is 0. The van der Waals surface area contributed by atoms with Gasteiger partial charge in [-0.1, -0.05) is 12.2 Å². The molecule has 1 aliphatic heterocycles. The maximum Gasteiger partial charge on any atom is 0.0880 e. The Morgan fingerprint density at radius 2 is 2.67 bits per heavy atom. The second-order valence-corrected chi connectivity index (χ2v) is 2.18. The van der Waals surface area contributed by atoms with Gasteiger partial charge in [0, 0.05) is 6.54 Å². The molecule has 2 heteroatoms. The summed E-state index contributed by atoms with van der Waals surface area (Å²) in [5.74, 6) is 0. The van der Waals surface area contributed by atoms with Crippen LogP contribution < -0.4 is 5.32 Å². The van der Waals surface area contributed by atoms with E-state index in [1.807, 2.05) is 7.05 Å². The minimum absolute atomic E-state index is 0.309. The van der Waals surface area contributed by atoms with Gasteiger partial charge in [0.05, 0.1) is 12.7 Å². The van der Waals surface area contributed by atoms with Gasteiger partial charge in [-0.15, -0.1) is 0 Å². The molecule has 1 unspecified atom stereocenters. The smallest absolute Gasteiger partial charge is 0.0880 e. The summed E-state index contributed by atoms with van der Waals surface area (Å²) in [6, 6.07) is 0. The lowest BCUT2D eigenvalue weighted by atomic mass is 10.2. The van der Waals surface area contributed by atoms with Crippen molar-refractivity contribution in [2.45, 2.75) is 12.5 Å². The highest BCUT2D eigenvalue weighted by Crippen LogP contribution is 2.02. The third-order valence-electron chi connectivity index (χ3n) is 1.37. The molecule has 0 aliphatic carbocycles. The van der Waals surface area contributed by atoms with Gasteiger partial charge in [-0.3, -0.25) is 0 Å². The van der Waals surface area contributed by atoms with E-state index < -0.39 is 0 Å². The largest absolute Gasteiger partial charge is 0.373 e. The van der Waals surface area contributed by atoms with Crippen molar-refractivity contribution in [1.82, 2.24) is 5.32 Å². The van der Waals surface area contributed by atoms with E-state index in [0.29, 0.717) is 6.10 Å². The fourth-order valence-corrected chi connectivity index (χ4v) is 0.919. The standard InChI is InChI=1S/C7H13NO/c1-8-6-7-4-2-3-5-9-7/h2,4,7-8H,3,5-6H2,1H3. The number of ether oxygens (including phenoxy) is 1. The van der Waals surface area contributed by atoms with Crippen LogP contribution in [0.2, 0.25) is 0 Å². The Labute approximate surface area is 55.9 Å². The van der Waals surface area contributed by atoms with Gasteiger partial charge < -0.3 is 10.1 Å². The summed E-state index contributed by atoms with van der Waals surface area (Å²) in [5.41, 5.74) is 0. The second-order valence-electron chi connectivity index (χ2n) is 2.18. The third-order valence-corrected chi connectivity index (χ3v) is 1.37. The summed E-state index contributed by atoms with van der Waals surface area (Å²) in [6.45, 7) is 1.80. The van der Waals surface area contributed by atoms with Crippen molar-refractivity contribution in [2.24, 2.45) is 0 Å². The zero-order chi connectivity index (χ0) is 6.53. The second kappa shape index (κ2) is 3.64. The molecule has 0 saturated carbocycles. The molecule has 0 aromatic rings. The van der Waals surface area contributed by atoms with Crippen molar-refractivity contribution in [3.8, 4) is 0 Å². The van der Waals surface area contributed by atoms with Gasteiger partial charge in [-0.25, -0.2) is 0 Å². The Morgan fingerprint density at radius 3 is 3.22 bits per heavy atom. The van der Waals surface area contributed by atoms with Crippen LogP contribution in [0, 0.1) is 0 Å². The molecule has 52 valence electrons. The summed E-state index contributed by atoms with van der Waals surface area (Å²) in [5, 5.41) is 3.06. The number of nitrogens with one attached hydrogen (secondary N) is 1. The van der Waals surface area contributed by atoms with Crippen LogP contribution in [0.1, 0.15) is 6.42 Å². The van der Waals surface area contributed by atoms with Gasteiger partial charge in [-0.05, 0) is 13.5 Å². The molecule has 0 aromatic carbocycles. The Kier molecular flexibility index (Phi) is 2.74. The summed E-state index contributed by atoms with van der Waals surface area (Å²) < 4.78 is 5.37. The van der Waals surface area contributed by atoms with Gasteiger partial charge in [-0.2, -0.15) is 0 Å². The first-order chi connectivity index (χ1) is 4.43. The topological polar surface area (TPSA) is 21.3 Å². The van der Waals surface area contributed by atoms with E-state index in [-0.39, 0.29) is 0 Å². The summed E-state index contributed by atoms with van der Waals surface area (Å²) >= 11 is 0.